The van der Waals surface area contributed by atoms with Gasteiger partial charge in [-0.25, -0.2) is 4.98 Å². The van der Waals surface area contributed by atoms with Crippen LogP contribution in [0.3, 0.4) is 0 Å². The molecule has 5 nitrogen and oxygen atoms in total. The van der Waals surface area contributed by atoms with Gasteiger partial charge in [-0.15, -0.1) is 23.2 Å². The summed E-state index contributed by atoms with van der Waals surface area (Å²) >= 11 is 23.5. The largest absolute Gasteiger partial charge is 0.455 e. The maximum atomic E-state index is 11.8. The number of carbonyl (C=O) groups is 2. The van der Waals surface area contributed by atoms with Gasteiger partial charge in [-0.2, -0.15) is 0 Å². The second kappa shape index (κ2) is 6.04. The third-order valence-corrected chi connectivity index (χ3v) is 5.18. The van der Waals surface area contributed by atoms with E-state index in [-0.39, 0.29) is 17.3 Å². The van der Waals surface area contributed by atoms with Crippen molar-refractivity contribution in [3.63, 3.8) is 0 Å². The zero-order valence-electron chi connectivity index (χ0n) is 11.7. The molecule has 1 atom stereocenters. The van der Waals surface area contributed by atoms with Gasteiger partial charge < -0.3 is 10.1 Å². The molecule has 0 aliphatic heterocycles. The summed E-state index contributed by atoms with van der Waals surface area (Å²) in [6.07, 6.45) is 0.285. The van der Waals surface area contributed by atoms with Crippen molar-refractivity contribution >= 4 is 64.1 Å². The van der Waals surface area contributed by atoms with Crippen molar-refractivity contribution in [1.29, 1.82) is 0 Å². The van der Waals surface area contributed by atoms with E-state index in [4.69, 9.17) is 51.1 Å². The van der Waals surface area contributed by atoms with E-state index in [0.717, 1.165) is 0 Å². The Bertz CT molecular complexity index is 650. The van der Waals surface area contributed by atoms with Crippen LogP contribution in [0.25, 0.3) is 0 Å². The van der Waals surface area contributed by atoms with Crippen LogP contribution in [-0.4, -0.2) is 27.8 Å². The Morgan fingerprint density at radius 1 is 1.36 bits per heavy atom. The maximum absolute atomic E-state index is 11.8. The number of anilines is 1. The molecular weight excluding hydrogens is 374 g/mol. The van der Waals surface area contributed by atoms with Gasteiger partial charge in [-0.05, 0) is 19.9 Å². The molecule has 1 unspecified atom stereocenters. The number of aromatic nitrogens is 1. The van der Waals surface area contributed by atoms with Crippen molar-refractivity contribution in [3.05, 3.63) is 21.8 Å². The van der Waals surface area contributed by atoms with Crippen molar-refractivity contribution in [2.75, 3.05) is 11.9 Å². The lowest BCUT2D eigenvalue weighted by atomic mass is 10.1. The van der Waals surface area contributed by atoms with Crippen LogP contribution in [0.5, 0.6) is 0 Å². The molecule has 1 aliphatic carbocycles. The molecule has 1 N–H and O–H groups in total. The summed E-state index contributed by atoms with van der Waals surface area (Å²) in [6.45, 7) is 2.76. The fraction of sp³-hybridized carbons (Fsp3) is 0.462. The molecule has 9 heteroatoms. The van der Waals surface area contributed by atoms with Gasteiger partial charge >= 0.3 is 5.97 Å². The molecule has 1 heterocycles. The Hall–Kier alpha value is -0.750. The molecule has 22 heavy (non-hydrogen) atoms. The summed E-state index contributed by atoms with van der Waals surface area (Å²) in [7, 11) is 0. The number of hydrogen-bond acceptors (Lipinski definition) is 4. The van der Waals surface area contributed by atoms with Gasteiger partial charge in [0.2, 0.25) is 0 Å². The average molecular weight is 386 g/mol. The van der Waals surface area contributed by atoms with E-state index in [1.54, 1.807) is 13.8 Å². The molecule has 0 saturated heterocycles. The second-order valence-corrected chi connectivity index (χ2v) is 7.52. The summed E-state index contributed by atoms with van der Waals surface area (Å²) < 4.78 is 3.78. The highest BCUT2D eigenvalue weighted by molar-refractivity contribution is 6.53. The van der Waals surface area contributed by atoms with E-state index in [1.807, 2.05) is 0 Å². The first-order chi connectivity index (χ1) is 10.1. The van der Waals surface area contributed by atoms with Gasteiger partial charge in [-0.3, -0.25) is 9.59 Å². The van der Waals surface area contributed by atoms with E-state index in [9.17, 15) is 9.59 Å². The van der Waals surface area contributed by atoms with Crippen LogP contribution < -0.4 is 5.32 Å². The number of aryl methyl sites for hydroxylation is 1. The summed E-state index contributed by atoms with van der Waals surface area (Å²) in [5.74, 6) is -1.06. The van der Waals surface area contributed by atoms with Crippen LogP contribution in [0.4, 0.5) is 5.82 Å². The van der Waals surface area contributed by atoms with Crippen LogP contribution >= 0.6 is 46.4 Å². The minimum absolute atomic E-state index is 0.145. The predicted octanol–water partition coefficient (Wildman–Crippen LogP) is 3.76. The number of esters is 1. The van der Waals surface area contributed by atoms with E-state index < -0.39 is 28.2 Å². The number of ether oxygens (including phenoxy) is 1. The number of pyridine rings is 1. The lowest BCUT2D eigenvalue weighted by Crippen LogP contribution is -2.27. The Kier molecular flexibility index (Phi) is 4.83. The molecule has 120 valence electrons. The van der Waals surface area contributed by atoms with Crippen LogP contribution in [0, 0.1) is 12.3 Å². The van der Waals surface area contributed by atoms with E-state index in [2.05, 4.69) is 10.3 Å². The smallest absolute Gasteiger partial charge is 0.315 e. The van der Waals surface area contributed by atoms with E-state index in [1.165, 1.54) is 6.07 Å². The molecular formula is C13H12Cl4N2O3. The summed E-state index contributed by atoms with van der Waals surface area (Å²) in [4.78, 5) is 27.7. The fourth-order valence-corrected chi connectivity index (χ4v) is 2.82. The SMILES string of the molecule is Cc1nc(NC(=O)COC(=O)C2(C)CC2(Cl)Cl)c(Cl)cc1Cl. The van der Waals surface area contributed by atoms with Gasteiger partial charge in [-0.1, -0.05) is 23.2 Å². The first-order valence-corrected chi connectivity index (χ1v) is 7.75. The third-order valence-electron chi connectivity index (χ3n) is 3.41. The quantitative estimate of drug-likeness (QED) is 0.632. The summed E-state index contributed by atoms with van der Waals surface area (Å²) in [5, 5.41) is 3.01. The van der Waals surface area contributed by atoms with Gasteiger partial charge in [0, 0.05) is 6.42 Å². The molecule has 0 radical (unpaired) electrons. The fourth-order valence-electron chi connectivity index (χ4n) is 1.73. The zero-order valence-corrected chi connectivity index (χ0v) is 14.7. The van der Waals surface area contributed by atoms with Gasteiger partial charge in [0.25, 0.3) is 5.91 Å². The first kappa shape index (κ1) is 17.6. The molecule has 1 aliphatic rings. The standard InChI is InChI=1S/C13H12Cl4N2O3/c1-6-7(14)3-8(15)10(18-6)19-9(20)4-22-11(21)12(2)5-13(12,16)17/h3H,4-5H2,1-2H3,(H,18,19,20). The molecule has 1 saturated carbocycles. The highest BCUT2D eigenvalue weighted by Crippen LogP contribution is 2.64. The Morgan fingerprint density at radius 2 is 1.95 bits per heavy atom. The van der Waals surface area contributed by atoms with Gasteiger partial charge in [0.15, 0.2) is 12.4 Å². The number of carbonyl (C=O) groups excluding carboxylic acids is 2. The van der Waals surface area contributed by atoms with Crippen molar-refractivity contribution in [2.24, 2.45) is 5.41 Å². The molecule has 0 spiro atoms. The highest BCUT2D eigenvalue weighted by atomic mass is 35.5. The monoisotopic (exact) mass is 384 g/mol. The van der Waals surface area contributed by atoms with Crippen LogP contribution in [0.1, 0.15) is 19.0 Å². The molecule has 1 aromatic heterocycles. The summed E-state index contributed by atoms with van der Waals surface area (Å²) in [5.41, 5.74) is -0.471. The third kappa shape index (κ3) is 3.43. The number of amides is 1. The lowest BCUT2D eigenvalue weighted by Gasteiger charge is -2.12. The normalized spacial score (nSPS) is 22.1. The predicted molar refractivity (Wildman–Crippen MR) is 85.7 cm³/mol. The van der Waals surface area contributed by atoms with Crippen LogP contribution in [0.2, 0.25) is 10.0 Å². The van der Waals surface area contributed by atoms with Gasteiger partial charge in [0.05, 0.1) is 15.7 Å². The minimum Gasteiger partial charge on any atom is -0.455 e. The number of alkyl halides is 2. The minimum atomic E-state index is -1.14. The van der Waals surface area contributed by atoms with Crippen molar-refractivity contribution < 1.29 is 14.3 Å². The maximum Gasteiger partial charge on any atom is 0.315 e. The molecule has 0 bridgehead atoms. The van der Waals surface area contributed by atoms with Crippen molar-refractivity contribution in [1.82, 2.24) is 4.98 Å². The van der Waals surface area contributed by atoms with Crippen LogP contribution in [-0.2, 0) is 14.3 Å². The zero-order chi connectivity index (χ0) is 16.7. The molecule has 1 amide bonds. The number of hydrogen-bond donors (Lipinski definition) is 1. The van der Waals surface area contributed by atoms with Gasteiger partial charge in [0.1, 0.15) is 9.75 Å². The molecule has 0 aromatic carbocycles. The highest BCUT2D eigenvalue weighted by Gasteiger charge is 2.69. The molecule has 1 fully saturated rings. The number of halogens is 4. The Labute approximate surface area is 147 Å². The number of nitrogens with one attached hydrogen (secondary N) is 1. The van der Waals surface area contributed by atoms with E-state index in [0.29, 0.717) is 10.7 Å². The van der Waals surface area contributed by atoms with Crippen LogP contribution in [0.15, 0.2) is 6.07 Å². The Balaban J connectivity index is 1.92. The summed E-state index contributed by atoms with van der Waals surface area (Å²) in [6, 6.07) is 1.47. The average Bonchev–Trinajstić information content (AvgIpc) is 2.93. The van der Waals surface area contributed by atoms with E-state index >= 15 is 0 Å². The van der Waals surface area contributed by atoms with Crippen molar-refractivity contribution in [3.8, 4) is 0 Å². The second-order valence-electron chi connectivity index (χ2n) is 5.22. The number of rotatable bonds is 4. The Morgan fingerprint density at radius 3 is 2.50 bits per heavy atom. The topological polar surface area (TPSA) is 68.3 Å². The molecule has 2 rings (SSSR count). The molecule has 1 aromatic rings. The van der Waals surface area contributed by atoms with Crippen molar-refractivity contribution in [2.45, 2.75) is 24.6 Å². The first-order valence-electron chi connectivity index (χ1n) is 6.24. The number of nitrogens with zero attached hydrogens (tertiary/aromatic N) is 1. The lowest BCUT2D eigenvalue weighted by molar-refractivity contribution is -0.152.